The van der Waals surface area contributed by atoms with Crippen LogP contribution < -0.4 is 11.4 Å². The Balaban J connectivity index is 2.68. The van der Waals surface area contributed by atoms with Crippen LogP contribution in [-0.2, 0) is 6.54 Å². The average molecular weight is 237 g/mol. The SMILES string of the molecule is CC(C)=CCn1c(=O)oc(=O)c2ccsc21. The summed E-state index contributed by atoms with van der Waals surface area (Å²) in [5.74, 6) is -0.600. The van der Waals surface area contributed by atoms with Crippen molar-refractivity contribution in [1.29, 1.82) is 0 Å². The highest BCUT2D eigenvalue weighted by Crippen LogP contribution is 2.15. The van der Waals surface area contributed by atoms with Crippen molar-refractivity contribution < 1.29 is 4.42 Å². The molecule has 5 heteroatoms. The third-order valence-electron chi connectivity index (χ3n) is 2.19. The zero-order valence-corrected chi connectivity index (χ0v) is 9.84. The first kappa shape index (κ1) is 10.9. The maximum Gasteiger partial charge on any atom is 0.423 e. The van der Waals surface area contributed by atoms with Crippen molar-refractivity contribution in [1.82, 2.24) is 4.57 Å². The van der Waals surface area contributed by atoms with Crippen molar-refractivity contribution >= 4 is 21.6 Å². The van der Waals surface area contributed by atoms with Crippen molar-refractivity contribution in [3.05, 3.63) is 44.1 Å². The highest BCUT2D eigenvalue weighted by Gasteiger charge is 2.09. The van der Waals surface area contributed by atoms with Crippen LogP contribution in [-0.4, -0.2) is 4.57 Å². The van der Waals surface area contributed by atoms with Gasteiger partial charge in [-0.15, -0.1) is 11.3 Å². The van der Waals surface area contributed by atoms with Gasteiger partial charge in [-0.05, 0) is 25.3 Å². The molecule has 0 N–H and O–H groups in total. The summed E-state index contributed by atoms with van der Waals surface area (Å²) in [6.07, 6.45) is 1.92. The standard InChI is InChI=1S/C11H11NO3S/c1-7(2)3-5-12-9-8(4-6-16-9)10(13)15-11(12)14/h3-4,6H,5H2,1-2H3. The predicted molar refractivity (Wildman–Crippen MR) is 64.1 cm³/mol. The van der Waals surface area contributed by atoms with E-state index in [1.807, 2.05) is 19.9 Å². The first-order valence-electron chi connectivity index (χ1n) is 4.84. The Morgan fingerprint density at radius 1 is 1.50 bits per heavy atom. The van der Waals surface area contributed by atoms with E-state index < -0.39 is 11.4 Å². The van der Waals surface area contributed by atoms with E-state index in [4.69, 9.17) is 0 Å². The van der Waals surface area contributed by atoms with E-state index in [1.54, 1.807) is 11.4 Å². The highest BCUT2D eigenvalue weighted by molar-refractivity contribution is 7.16. The van der Waals surface area contributed by atoms with E-state index in [2.05, 4.69) is 4.42 Å². The molecule has 0 saturated heterocycles. The molecular formula is C11H11NO3S. The van der Waals surface area contributed by atoms with Gasteiger partial charge in [0.25, 0.3) is 0 Å². The predicted octanol–water partition coefficient (Wildman–Crippen LogP) is 1.98. The third-order valence-corrected chi connectivity index (χ3v) is 3.13. The molecule has 2 aromatic rings. The third kappa shape index (κ3) is 1.86. The first-order chi connectivity index (χ1) is 7.59. The summed E-state index contributed by atoms with van der Waals surface area (Å²) in [7, 11) is 0. The van der Waals surface area contributed by atoms with Gasteiger partial charge in [0.05, 0.1) is 5.39 Å². The van der Waals surface area contributed by atoms with E-state index in [-0.39, 0.29) is 0 Å². The Kier molecular flexibility index (Phi) is 2.78. The Bertz CT molecular complexity index is 656. The highest BCUT2D eigenvalue weighted by atomic mass is 32.1. The fourth-order valence-corrected chi connectivity index (χ4v) is 2.26. The second kappa shape index (κ2) is 4.09. The number of aromatic nitrogens is 1. The van der Waals surface area contributed by atoms with Crippen LogP contribution in [0.5, 0.6) is 0 Å². The summed E-state index contributed by atoms with van der Waals surface area (Å²) in [6.45, 7) is 4.34. The molecule has 0 aliphatic carbocycles. The van der Waals surface area contributed by atoms with Gasteiger partial charge in [0.2, 0.25) is 0 Å². The fraction of sp³-hybridized carbons (Fsp3) is 0.273. The molecule has 0 amide bonds. The Hall–Kier alpha value is -1.62. The van der Waals surface area contributed by atoms with Gasteiger partial charge in [0.15, 0.2) is 0 Å². The molecule has 0 bridgehead atoms. The lowest BCUT2D eigenvalue weighted by molar-refractivity contribution is 0.427. The van der Waals surface area contributed by atoms with Gasteiger partial charge in [-0.3, -0.25) is 4.57 Å². The Morgan fingerprint density at radius 3 is 2.94 bits per heavy atom. The second-order valence-corrected chi connectivity index (χ2v) is 4.58. The molecule has 0 atom stereocenters. The zero-order chi connectivity index (χ0) is 11.7. The van der Waals surface area contributed by atoms with E-state index in [0.717, 1.165) is 5.57 Å². The summed E-state index contributed by atoms with van der Waals surface area (Å²) < 4.78 is 6.11. The van der Waals surface area contributed by atoms with E-state index in [1.165, 1.54) is 15.9 Å². The van der Waals surface area contributed by atoms with Crippen molar-refractivity contribution in [2.75, 3.05) is 0 Å². The number of nitrogens with zero attached hydrogens (tertiary/aromatic N) is 1. The fourth-order valence-electron chi connectivity index (χ4n) is 1.37. The lowest BCUT2D eigenvalue weighted by Crippen LogP contribution is -2.23. The maximum absolute atomic E-state index is 11.5. The number of rotatable bonds is 2. The Morgan fingerprint density at radius 2 is 2.25 bits per heavy atom. The monoisotopic (exact) mass is 237 g/mol. The van der Waals surface area contributed by atoms with Crippen LogP contribution >= 0.6 is 11.3 Å². The molecule has 0 aliphatic heterocycles. The number of hydrogen-bond acceptors (Lipinski definition) is 4. The van der Waals surface area contributed by atoms with Gasteiger partial charge in [-0.2, -0.15) is 0 Å². The molecule has 0 fully saturated rings. The van der Waals surface area contributed by atoms with Crippen LogP contribution in [0.1, 0.15) is 13.8 Å². The first-order valence-corrected chi connectivity index (χ1v) is 5.72. The molecule has 0 aromatic carbocycles. The normalized spacial score (nSPS) is 10.6. The van der Waals surface area contributed by atoms with Crippen LogP contribution in [0.15, 0.2) is 37.1 Å². The summed E-state index contributed by atoms with van der Waals surface area (Å²) in [6, 6.07) is 1.67. The van der Waals surface area contributed by atoms with Gasteiger partial charge >= 0.3 is 11.4 Å². The molecule has 0 radical (unpaired) electrons. The largest absolute Gasteiger partial charge is 0.423 e. The van der Waals surface area contributed by atoms with E-state index >= 15 is 0 Å². The number of thiophene rings is 1. The van der Waals surface area contributed by atoms with Crippen molar-refractivity contribution in [3.8, 4) is 0 Å². The van der Waals surface area contributed by atoms with Crippen molar-refractivity contribution in [2.24, 2.45) is 0 Å². The Labute approximate surface area is 95.4 Å². The number of allylic oxidation sites excluding steroid dienone is 2. The molecule has 2 heterocycles. The van der Waals surface area contributed by atoms with Crippen LogP contribution in [0.2, 0.25) is 0 Å². The molecule has 4 nitrogen and oxygen atoms in total. The summed E-state index contributed by atoms with van der Waals surface area (Å²) >= 11 is 1.37. The molecule has 16 heavy (non-hydrogen) atoms. The lowest BCUT2D eigenvalue weighted by Gasteiger charge is -2.01. The zero-order valence-electron chi connectivity index (χ0n) is 9.02. The molecular weight excluding hydrogens is 226 g/mol. The van der Waals surface area contributed by atoms with Gasteiger partial charge in [-0.1, -0.05) is 11.6 Å². The minimum Gasteiger partial charge on any atom is -0.372 e. The second-order valence-electron chi connectivity index (χ2n) is 3.69. The van der Waals surface area contributed by atoms with E-state index in [9.17, 15) is 9.59 Å². The van der Waals surface area contributed by atoms with Crippen LogP contribution in [0.3, 0.4) is 0 Å². The van der Waals surface area contributed by atoms with Crippen LogP contribution in [0, 0.1) is 0 Å². The van der Waals surface area contributed by atoms with Gasteiger partial charge < -0.3 is 4.42 Å². The smallest absolute Gasteiger partial charge is 0.372 e. The van der Waals surface area contributed by atoms with Gasteiger partial charge in [-0.25, -0.2) is 9.59 Å². The molecule has 0 saturated carbocycles. The van der Waals surface area contributed by atoms with Crippen LogP contribution in [0.4, 0.5) is 0 Å². The topological polar surface area (TPSA) is 52.2 Å². The minimum atomic E-state index is -0.600. The summed E-state index contributed by atoms with van der Waals surface area (Å²) in [4.78, 5) is 23.6. The summed E-state index contributed by atoms with van der Waals surface area (Å²) in [5, 5.41) is 2.24. The van der Waals surface area contributed by atoms with Crippen LogP contribution in [0.25, 0.3) is 10.2 Å². The molecule has 2 rings (SSSR count). The summed E-state index contributed by atoms with van der Waals surface area (Å²) in [5.41, 5.74) is 0.553. The van der Waals surface area contributed by atoms with Crippen molar-refractivity contribution in [2.45, 2.75) is 20.4 Å². The van der Waals surface area contributed by atoms with E-state index in [0.29, 0.717) is 16.8 Å². The van der Waals surface area contributed by atoms with Gasteiger partial charge in [0.1, 0.15) is 4.83 Å². The number of hydrogen-bond donors (Lipinski definition) is 0. The lowest BCUT2D eigenvalue weighted by atomic mass is 10.3. The quantitative estimate of drug-likeness (QED) is 0.750. The van der Waals surface area contributed by atoms with Crippen molar-refractivity contribution in [3.63, 3.8) is 0 Å². The number of fused-ring (bicyclic) bond motifs is 1. The minimum absolute atomic E-state index is 0.432. The molecule has 0 aliphatic rings. The average Bonchev–Trinajstić information content (AvgIpc) is 2.65. The molecule has 0 spiro atoms. The molecule has 2 aromatic heterocycles. The maximum atomic E-state index is 11.5. The molecule has 0 unspecified atom stereocenters. The molecule has 84 valence electrons. The van der Waals surface area contributed by atoms with Gasteiger partial charge in [0, 0.05) is 6.54 Å².